The van der Waals surface area contributed by atoms with Crippen molar-refractivity contribution in [2.45, 2.75) is 0 Å². The molecule has 0 radical (unpaired) electrons. The Morgan fingerprint density at radius 2 is 2.07 bits per heavy atom. The normalized spacial score (nSPS) is 10.1. The van der Waals surface area contributed by atoms with E-state index >= 15 is 0 Å². The van der Waals surface area contributed by atoms with Crippen molar-refractivity contribution >= 4 is 5.82 Å². The molecule has 0 atom stereocenters. The van der Waals surface area contributed by atoms with E-state index in [1.54, 1.807) is 30.3 Å². The number of nitrogens with one attached hydrogen (secondary N) is 1. The van der Waals surface area contributed by atoms with Gasteiger partial charge in [0.25, 0.3) is 0 Å². The van der Waals surface area contributed by atoms with Crippen LogP contribution in [0.15, 0.2) is 18.6 Å². The van der Waals surface area contributed by atoms with Crippen LogP contribution in [0.25, 0.3) is 11.4 Å². The van der Waals surface area contributed by atoms with Gasteiger partial charge in [0.15, 0.2) is 5.82 Å². The zero-order valence-electron chi connectivity index (χ0n) is 7.97. The van der Waals surface area contributed by atoms with Crippen LogP contribution in [0.5, 0.6) is 0 Å². The van der Waals surface area contributed by atoms with E-state index in [4.69, 9.17) is 0 Å². The van der Waals surface area contributed by atoms with Crippen molar-refractivity contribution in [2.24, 2.45) is 7.05 Å². The van der Waals surface area contributed by atoms with Gasteiger partial charge >= 0.3 is 0 Å². The largest absolute Gasteiger partial charge is 0.371 e. The molecule has 0 aliphatic carbocycles. The molecule has 0 fully saturated rings. The van der Waals surface area contributed by atoms with Crippen LogP contribution >= 0.6 is 0 Å². The van der Waals surface area contributed by atoms with Crippen LogP contribution in [-0.4, -0.2) is 32.0 Å². The maximum atomic E-state index is 4.19. The fraction of sp³-hybridized carbons (Fsp3) is 0.250. The van der Waals surface area contributed by atoms with Gasteiger partial charge in [0, 0.05) is 26.5 Å². The first-order valence-corrected chi connectivity index (χ1v) is 4.16. The topological polar surface area (TPSA) is 68.5 Å². The van der Waals surface area contributed by atoms with E-state index < -0.39 is 0 Å². The summed E-state index contributed by atoms with van der Waals surface area (Å²) in [4.78, 5) is 8.32. The summed E-state index contributed by atoms with van der Waals surface area (Å²) in [6.45, 7) is 0. The average molecular weight is 190 g/mol. The lowest BCUT2D eigenvalue weighted by molar-refractivity contribution is 0.715. The number of rotatable bonds is 2. The molecular formula is C8H10N6. The number of aryl methyl sites for hydroxylation is 1. The van der Waals surface area contributed by atoms with Gasteiger partial charge in [-0.1, -0.05) is 5.21 Å². The van der Waals surface area contributed by atoms with Crippen LogP contribution in [0.4, 0.5) is 5.82 Å². The molecule has 2 rings (SSSR count). The van der Waals surface area contributed by atoms with E-state index in [2.05, 4.69) is 25.6 Å². The van der Waals surface area contributed by atoms with E-state index in [1.807, 2.05) is 7.05 Å². The van der Waals surface area contributed by atoms with E-state index in [9.17, 15) is 0 Å². The second-order valence-corrected chi connectivity index (χ2v) is 2.78. The molecule has 0 amide bonds. The Kier molecular flexibility index (Phi) is 2.10. The molecule has 2 heterocycles. The molecule has 1 N–H and O–H groups in total. The van der Waals surface area contributed by atoms with Crippen molar-refractivity contribution in [3.8, 4) is 11.4 Å². The van der Waals surface area contributed by atoms with Crippen molar-refractivity contribution < 1.29 is 0 Å². The van der Waals surface area contributed by atoms with Crippen molar-refractivity contribution in [2.75, 3.05) is 12.4 Å². The van der Waals surface area contributed by atoms with Crippen LogP contribution in [-0.2, 0) is 7.05 Å². The quantitative estimate of drug-likeness (QED) is 0.738. The highest BCUT2D eigenvalue weighted by Crippen LogP contribution is 2.19. The van der Waals surface area contributed by atoms with Crippen LogP contribution in [0.3, 0.4) is 0 Å². The summed E-state index contributed by atoms with van der Waals surface area (Å²) in [5.41, 5.74) is 1.42. The Balaban J connectivity index is 2.50. The van der Waals surface area contributed by atoms with Crippen molar-refractivity contribution in [3.63, 3.8) is 0 Å². The summed E-state index contributed by atoms with van der Waals surface area (Å²) in [5.74, 6) is 0.702. The minimum Gasteiger partial charge on any atom is -0.371 e. The fourth-order valence-corrected chi connectivity index (χ4v) is 1.16. The van der Waals surface area contributed by atoms with Crippen LogP contribution in [0.1, 0.15) is 0 Å². The first-order chi connectivity index (χ1) is 6.81. The van der Waals surface area contributed by atoms with Gasteiger partial charge in [0.05, 0.1) is 6.20 Å². The third kappa shape index (κ3) is 1.41. The van der Waals surface area contributed by atoms with Gasteiger partial charge in [-0.25, -0.2) is 9.97 Å². The Hall–Kier alpha value is -1.98. The third-order valence-electron chi connectivity index (χ3n) is 1.78. The molecular weight excluding hydrogens is 180 g/mol. The van der Waals surface area contributed by atoms with Gasteiger partial charge in [-0.2, -0.15) is 0 Å². The van der Waals surface area contributed by atoms with Gasteiger partial charge in [-0.3, -0.25) is 4.68 Å². The van der Waals surface area contributed by atoms with Crippen LogP contribution in [0, 0.1) is 0 Å². The predicted molar refractivity (Wildman–Crippen MR) is 51.6 cm³/mol. The van der Waals surface area contributed by atoms with Gasteiger partial charge in [0.1, 0.15) is 11.4 Å². The minimum absolute atomic E-state index is 0.702. The van der Waals surface area contributed by atoms with Crippen LogP contribution < -0.4 is 5.32 Å². The first-order valence-electron chi connectivity index (χ1n) is 4.16. The Labute approximate surface area is 81.0 Å². The minimum atomic E-state index is 0.702. The molecule has 6 heteroatoms. The lowest BCUT2D eigenvalue weighted by Gasteiger charge is -2.01. The second-order valence-electron chi connectivity index (χ2n) is 2.78. The number of hydrogen-bond acceptors (Lipinski definition) is 5. The molecule has 0 bridgehead atoms. The highest BCUT2D eigenvalue weighted by atomic mass is 15.4. The van der Waals surface area contributed by atoms with Gasteiger partial charge in [0.2, 0.25) is 0 Å². The second kappa shape index (κ2) is 3.41. The van der Waals surface area contributed by atoms with Crippen molar-refractivity contribution in [1.82, 2.24) is 25.0 Å². The van der Waals surface area contributed by atoms with E-state index in [1.165, 1.54) is 0 Å². The Morgan fingerprint density at radius 1 is 1.29 bits per heavy atom. The average Bonchev–Trinajstić information content (AvgIpc) is 2.65. The molecule has 0 saturated carbocycles. The molecule has 2 aromatic heterocycles. The summed E-state index contributed by atoms with van der Waals surface area (Å²) in [7, 11) is 3.61. The summed E-state index contributed by atoms with van der Waals surface area (Å²) in [5, 5.41) is 10.8. The number of nitrogens with zero attached hydrogens (tertiary/aromatic N) is 5. The smallest absolute Gasteiger partial charge is 0.154 e. The predicted octanol–water partition coefficient (Wildman–Crippen LogP) is 0.314. The SMILES string of the molecule is CNc1nccnc1-c1cn(C)nn1. The molecule has 14 heavy (non-hydrogen) atoms. The third-order valence-corrected chi connectivity index (χ3v) is 1.78. The highest BCUT2D eigenvalue weighted by Gasteiger charge is 2.09. The van der Waals surface area contributed by atoms with Gasteiger partial charge in [-0.05, 0) is 0 Å². The lowest BCUT2D eigenvalue weighted by atomic mass is 10.3. The summed E-state index contributed by atoms with van der Waals surface area (Å²) in [6.07, 6.45) is 5.06. The lowest BCUT2D eigenvalue weighted by Crippen LogP contribution is -1.97. The number of hydrogen-bond donors (Lipinski definition) is 1. The molecule has 0 spiro atoms. The zero-order valence-corrected chi connectivity index (χ0v) is 7.97. The molecule has 0 aliphatic heterocycles. The standard InChI is InChI=1S/C8H10N6/c1-9-8-7(10-3-4-11-8)6-5-14(2)13-12-6/h3-5H,1-2H3,(H,9,11). The summed E-state index contributed by atoms with van der Waals surface area (Å²) in [6, 6.07) is 0. The molecule has 0 aromatic carbocycles. The monoisotopic (exact) mass is 190 g/mol. The van der Waals surface area contributed by atoms with Crippen LogP contribution in [0.2, 0.25) is 0 Å². The highest BCUT2D eigenvalue weighted by molar-refractivity contribution is 5.66. The van der Waals surface area contributed by atoms with Crippen molar-refractivity contribution in [3.05, 3.63) is 18.6 Å². The molecule has 0 aliphatic rings. The maximum Gasteiger partial charge on any atom is 0.154 e. The Morgan fingerprint density at radius 3 is 2.71 bits per heavy atom. The fourth-order valence-electron chi connectivity index (χ4n) is 1.16. The van der Waals surface area contributed by atoms with E-state index in [0.717, 1.165) is 0 Å². The molecule has 72 valence electrons. The van der Waals surface area contributed by atoms with E-state index in [0.29, 0.717) is 17.2 Å². The number of aromatic nitrogens is 5. The van der Waals surface area contributed by atoms with E-state index in [-0.39, 0.29) is 0 Å². The Bertz CT molecular complexity index is 435. The summed E-state index contributed by atoms with van der Waals surface area (Å²) < 4.78 is 1.63. The molecule has 2 aromatic rings. The maximum absolute atomic E-state index is 4.19. The molecule has 6 nitrogen and oxygen atoms in total. The van der Waals surface area contributed by atoms with Crippen molar-refractivity contribution in [1.29, 1.82) is 0 Å². The molecule has 0 saturated heterocycles. The first kappa shape index (κ1) is 8.61. The van der Waals surface area contributed by atoms with Gasteiger partial charge in [-0.15, -0.1) is 5.10 Å². The summed E-state index contributed by atoms with van der Waals surface area (Å²) >= 11 is 0. The zero-order chi connectivity index (χ0) is 9.97. The number of anilines is 1. The van der Waals surface area contributed by atoms with Gasteiger partial charge < -0.3 is 5.32 Å². The molecule has 0 unspecified atom stereocenters.